The standard InChI is InChI=1S/C21H31N5S/c1-5-22-21(25(4)14-20-15-27-17(3)24-20)23-12-16(2)26-11-10-18-8-6-7-9-19(18)13-26/h6-9,15-16H,5,10-14H2,1-4H3,(H,22,23). The number of aromatic nitrogens is 1. The second-order valence-corrected chi connectivity index (χ2v) is 8.31. The average Bonchev–Trinajstić information content (AvgIpc) is 3.09. The van der Waals surface area contributed by atoms with Crippen LogP contribution in [0.5, 0.6) is 0 Å². The van der Waals surface area contributed by atoms with Crippen molar-refractivity contribution in [2.75, 3.05) is 26.7 Å². The first-order valence-corrected chi connectivity index (χ1v) is 10.7. The van der Waals surface area contributed by atoms with E-state index in [9.17, 15) is 0 Å². The van der Waals surface area contributed by atoms with E-state index in [2.05, 4.69) is 70.6 Å². The van der Waals surface area contributed by atoms with Crippen LogP contribution in [0.4, 0.5) is 0 Å². The molecule has 2 aromatic rings. The summed E-state index contributed by atoms with van der Waals surface area (Å²) in [5.74, 6) is 0.951. The molecule has 1 aromatic carbocycles. The first-order chi connectivity index (χ1) is 13.1. The van der Waals surface area contributed by atoms with Gasteiger partial charge in [0.25, 0.3) is 0 Å². The molecule has 0 radical (unpaired) electrons. The molecule has 1 unspecified atom stereocenters. The summed E-state index contributed by atoms with van der Waals surface area (Å²) in [5, 5.41) is 6.66. The Labute approximate surface area is 167 Å². The van der Waals surface area contributed by atoms with E-state index in [-0.39, 0.29) is 0 Å². The number of rotatable bonds is 6. The van der Waals surface area contributed by atoms with E-state index >= 15 is 0 Å². The summed E-state index contributed by atoms with van der Waals surface area (Å²) in [6.07, 6.45) is 1.13. The van der Waals surface area contributed by atoms with Crippen LogP contribution in [0.1, 0.15) is 35.7 Å². The minimum atomic E-state index is 0.418. The van der Waals surface area contributed by atoms with Crippen molar-refractivity contribution < 1.29 is 0 Å². The van der Waals surface area contributed by atoms with Gasteiger partial charge in [0.15, 0.2) is 5.96 Å². The van der Waals surface area contributed by atoms with Crippen molar-refractivity contribution in [3.8, 4) is 0 Å². The van der Waals surface area contributed by atoms with E-state index in [0.717, 1.165) is 55.8 Å². The van der Waals surface area contributed by atoms with Crippen molar-refractivity contribution in [1.29, 1.82) is 0 Å². The average molecular weight is 386 g/mol. The molecular weight excluding hydrogens is 354 g/mol. The Morgan fingerprint density at radius 2 is 2.15 bits per heavy atom. The molecule has 5 nitrogen and oxygen atoms in total. The molecule has 1 aromatic heterocycles. The Bertz CT molecular complexity index is 769. The smallest absolute Gasteiger partial charge is 0.194 e. The first-order valence-electron chi connectivity index (χ1n) is 9.78. The summed E-state index contributed by atoms with van der Waals surface area (Å²) >= 11 is 1.70. The molecule has 27 heavy (non-hydrogen) atoms. The van der Waals surface area contributed by atoms with Crippen LogP contribution < -0.4 is 5.32 Å². The molecule has 6 heteroatoms. The zero-order valence-electron chi connectivity index (χ0n) is 16.9. The number of hydrogen-bond donors (Lipinski definition) is 1. The van der Waals surface area contributed by atoms with Crippen molar-refractivity contribution in [1.82, 2.24) is 20.1 Å². The number of aryl methyl sites for hydroxylation is 1. The Balaban J connectivity index is 1.60. The van der Waals surface area contributed by atoms with Gasteiger partial charge in [0.1, 0.15) is 0 Å². The number of aliphatic imine (C=N–C) groups is 1. The third-order valence-corrected chi connectivity index (χ3v) is 5.87. The molecule has 3 rings (SSSR count). The maximum absolute atomic E-state index is 4.91. The van der Waals surface area contributed by atoms with Gasteiger partial charge in [0, 0.05) is 38.1 Å². The Hall–Kier alpha value is -1.92. The Morgan fingerprint density at radius 1 is 1.37 bits per heavy atom. The van der Waals surface area contributed by atoms with Crippen LogP contribution in [-0.2, 0) is 19.5 Å². The fraction of sp³-hybridized carbons (Fsp3) is 0.524. The van der Waals surface area contributed by atoms with Gasteiger partial charge < -0.3 is 10.2 Å². The summed E-state index contributed by atoms with van der Waals surface area (Å²) in [4.78, 5) is 14.2. The molecule has 0 aliphatic carbocycles. The Kier molecular flexibility index (Phi) is 6.85. The zero-order chi connectivity index (χ0) is 19.2. The van der Waals surface area contributed by atoms with Crippen LogP contribution in [0.3, 0.4) is 0 Å². The number of guanidine groups is 1. The van der Waals surface area contributed by atoms with Gasteiger partial charge in [-0.15, -0.1) is 11.3 Å². The lowest BCUT2D eigenvalue weighted by atomic mass is 9.99. The first kappa shape index (κ1) is 19.8. The van der Waals surface area contributed by atoms with Gasteiger partial charge in [-0.05, 0) is 38.3 Å². The fourth-order valence-corrected chi connectivity index (χ4v) is 4.10. The lowest BCUT2D eigenvalue weighted by Gasteiger charge is -2.33. The maximum atomic E-state index is 4.91. The molecule has 1 N–H and O–H groups in total. The predicted molar refractivity (Wildman–Crippen MR) is 114 cm³/mol. The van der Waals surface area contributed by atoms with Crippen LogP contribution in [0.25, 0.3) is 0 Å². The SMILES string of the molecule is CCNC(=NCC(C)N1CCc2ccccc2C1)N(C)Cc1csc(C)n1. The monoisotopic (exact) mass is 385 g/mol. The van der Waals surface area contributed by atoms with Crippen molar-refractivity contribution in [2.45, 2.75) is 46.3 Å². The highest BCUT2D eigenvalue weighted by atomic mass is 32.1. The van der Waals surface area contributed by atoms with Crippen molar-refractivity contribution in [2.24, 2.45) is 4.99 Å². The van der Waals surface area contributed by atoms with Gasteiger partial charge in [-0.3, -0.25) is 9.89 Å². The molecular formula is C21H31N5S. The van der Waals surface area contributed by atoms with Gasteiger partial charge in [-0.1, -0.05) is 24.3 Å². The number of benzene rings is 1. The maximum Gasteiger partial charge on any atom is 0.194 e. The molecule has 0 bridgehead atoms. The van der Waals surface area contributed by atoms with Crippen LogP contribution in [-0.4, -0.2) is 53.5 Å². The predicted octanol–water partition coefficient (Wildman–Crippen LogP) is 3.30. The van der Waals surface area contributed by atoms with E-state index in [1.54, 1.807) is 11.3 Å². The van der Waals surface area contributed by atoms with Crippen LogP contribution in [0, 0.1) is 6.92 Å². The van der Waals surface area contributed by atoms with Crippen molar-refractivity contribution in [3.63, 3.8) is 0 Å². The minimum Gasteiger partial charge on any atom is -0.357 e. The third-order valence-electron chi connectivity index (χ3n) is 5.05. The van der Waals surface area contributed by atoms with Gasteiger partial charge >= 0.3 is 0 Å². The highest BCUT2D eigenvalue weighted by Crippen LogP contribution is 2.20. The second-order valence-electron chi connectivity index (χ2n) is 7.25. The highest BCUT2D eigenvalue weighted by Gasteiger charge is 2.20. The lowest BCUT2D eigenvalue weighted by molar-refractivity contribution is 0.195. The van der Waals surface area contributed by atoms with Gasteiger partial charge in [0.2, 0.25) is 0 Å². The summed E-state index contributed by atoms with van der Waals surface area (Å²) in [7, 11) is 2.08. The van der Waals surface area contributed by atoms with E-state index < -0.39 is 0 Å². The summed E-state index contributed by atoms with van der Waals surface area (Å²) < 4.78 is 0. The van der Waals surface area contributed by atoms with Gasteiger partial charge in [0.05, 0.1) is 23.8 Å². The summed E-state index contributed by atoms with van der Waals surface area (Å²) in [6.45, 7) is 11.0. The quantitative estimate of drug-likeness (QED) is 0.612. The molecule has 2 heterocycles. The number of thiazole rings is 1. The van der Waals surface area contributed by atoms with E-state index in [0.29, 0.717) is 6.04 Å². The molecule has 0 saturated carbocycles. The van der Waals surface area contributed by atoms with Crippen molar-refractivity contribution in [3.05, 3.63) is 51.5 Å². The van der Waals surface area contributed by atoms with Crippen LogP contribution in [0.2, 0.25) is 0 Å². The van der Waals surface area contributed by atoms with Crippen LogP contribution >= 0.6 is 11.3 Å². The molecule has 0 amide bonds. The van der Waals surface area contributed by atoms with E-state index in [4.69, 9.17) is 4.99 Å². The molecule has 0 fully saturated rings. The number of nitrogens with one attached hydrogen (secondary N) is 1. The summed E-state index contributed by atoms with van der Waals surface area (Å²) in [5.41, 5.74) is 4.06. The van der Waals surface area contributed by atoms with Crippen LogP contribution in [0.15, 0.2) is 34.6 Å². The topological polar surface area (TPSA) is 43.8 Å². The molecule has 146 valence electrons. The number of nitrogens with zero attached hydrogens (tertiary/aromatic N) is 4. The van der Waals surface area contributed by atoms with Crippen molar-refractivity contribution >= 4 is 17.3 Å². The molecule has 1 aliphatic rings. The third kappa shape index (κ3) is 5.30. The normalized spacial score (nSPS) is 16.1. The number of fused-ring (bicyclic) bond motifs is 1. The minimum absolute atomic E-state index is 0.418. The van der Waals surface area contributed by atoms with E-state index in [1.807, 2.05) is 6.92 Å². The lowest BCUT2D eigenvalue weighted by Crippen LogP contribution is -2.42. The molecule has 1 atom stereocenters. The highest BCUT2D eigenvalue weighted by molar-refractivity contribution is 7.09. The van der Waals surface area contributed by atoms with Gasteiger partial charge in [-0.2, -0.15) is 0 Å². The van der Waals surface area contributed by atoms with Gasteiger partial charge in [-0.25, -0.2) is 4.98 Å². The zero-order valence-corrected chi connectivity index (χ0v) is 17.7. The largest absolute Gasteiger partial charge is 0.357 e. The molecule has 0 spiro atoms. The summed E-state index contributed by atoms with van der Waals surface area (Å²) in [6, 6.07) is 9.22. The second kappa shape index (κ2) is 9.33. The number of hydrogen-bond acceptors (Lipinski definition) is 4. The fourth-order valence-electron chi connectivity index (χ4n) is 3.50. The molecule has 0 saturated heterocycles. The molecule has 1 aliphatic heterocycles. The Morgan fingerprint density at radius 3 is 2.85 bits per heavy atom. The van der Waals surface area contributed by atoms with E-state index in [1.165, 1.54) is 11.1 Å².